The van der Waals surface area contributed by atoms with Crippen LogP contribution in [0.5, 0.6) is 0 Å². The molecule has 0 saturated carbocycles. The number of carbonyl (C=O) groups excluding carboxylic acids is 2. The molecule has 6 nitrogen and oxygen atoms in total. The zero-order chi connectivity index (χ0) is 19.3. The van der Waals surface area contributed by atoms with Crippen LogP contribution in [0.15, 0.2) is 0 Å². The molecule has 1 atom stereocenters. The monoisotopic (exact) mass is 360 g/mol. The highest BCUT2D eigenvalue weighted by atomic mass is 16.2. The molecule has 0 radical (unpaired) electrons. The van der Waals surface area contributed by atoms with Crippen molar-refractivity contribution in [1.29, 1.82) is 0 Å². The molecule has 1 N–H and O–H groups in total. The quantitative estimate of drug-likeness (QED) is 0.811. The number of nitrogens with zero attached hydrogens (tertiary/aromatic N) is 3. The van der Waals surface area contributed by atoms with Crippen molar-refractivity contribution >= 4 is 11.8 Å². The number of rotatable bonds is 7. The van der Waals surface area contributed by atoms with E-state index < -0.39 is 0 Å². The summed E-state index contributed by atoms with van der Waals surface area (Å²) in [6, 6.07) is 0. The molecule has 0 aliphatic carbocycles. The molecule has 1 aliphatic heterocycles. The molecule has 0 bridgehead atoms. The highest BCUT2D eigenvalue weighted by molar-refractivity contribution is 5.79. The summed E-state index contributed by atoms with van der Waals surface area (Å²) in [6.07, 6.45) is 3.00. The summed E-state index contributed by atoms with van der Waals surface area (Å²) in [5, 5.41) is 2.82. The molecule has 0 unspecified atom stereocenters. The Hall–Kier alpha value is -1.98. The smallest absolute Gasteiger partial charge is 0.225 e. The number of amides is 2. The molecule has 2 heterocycles. The number of aryl methyl sites for hydroxylation is 2. The van der Waals surface area contributed by atoms with E-state index in [4.69, 9.17) is 0 Å². The van der Waals surface area contributed by atoms with Gasteiger partial charge in [-0.15, -0.1) is 0 Å². The number of likely N-dealkylation sites (N-methyl/N-ethyl adjacent to an activating group) is 1. The first-order chi connectivity index (χ1) is 12.4. The van der Waals surface area contributed by atoms with E-state index in [0.717, 1.165) is 48.6 Å². The lowest BCUT2D eigenvalue weighted by Gasteiger charge is -2.22. The van der Waals surface area contributed by atoms with Crippen LogP contribution in [0.2, 0.25) is 0 Å². The molecule has 0 aromatic carbocycles. The molecular weight excluding hydrogens is 328 g/mol. The normalized spacial score (nSPS) is 17.0. The zero-order valence-corrected chi connectivity index (χ0v) is 16.8. The fourth-order valence-corrected chi connectivity index (χ4v) is 3.69. The lowest BCUT2D eigenvalue weighted by molar-refractivity contribution is -0.134. The summed E-state index contributed by atoms with van der Waals surface area (Å²) in [7, 11) is 0. The van der Waals surface area contributed by atoms with Crippen LogP contribution < -0.4 is 5.32 Å². The van der Waals surface area contributed by atoms with Crippen molar-refractivity contribution in [2.75, 3.05) is 19.6 Å². The topological polar surface area (TPSA) is 75.2 Å². The minimum Gasteiger partial charge on any atom is -0.356 e. The van der Waals surface area contributed by atoms with Crippen LogP contribution in [0.3, 0.4) is 0 Å². The number of hydrogen-bond acceptors (Lipinski definition) is 4. The van der Waals surface area contributed by atoms with Crippen molar-refractivity contribution in [3.63, 3.8) is 0 Å². The molecule has 0 spiro atoms. The summed E-state index contributed by atoms with van der Waals surface area (Å²) in [5.41, 5.74) is 2.63. The van der Waals surface area contributed by atoms with E-state index in [9.17, 15) is 9.59 Å². The lowest BCUT2D eigenvalue weighted by Crippen LogP contribution is -2.34. The molecular formula is C20H32N4O2. The first-order valence-corrected chi connectivity index (χ1v) is 9.80. The average Bonchev–Trinajstić information content (AvgIpc) is 3.09. The maximum atomic E-state index is 12.6. The second kappa shape index (κ2) is 9.10. The molecule has 2 amide bonds. The van der Waals surface area contributed by atoms with E-state index in [1.165, 1.54) is 0 Å². The summed E-state index contributed by atoms with van der Waals surface area (Å²) >= 11 is 0. The van der Waals surface area contributed by atoms with Crippen molar-refractivity contribution in [2.24, 2.45) is 5.92 Å². The second-order valence-corrected chi connectivity index (χ2v) is 7.14. The minimum atomic E-state index is -0.00198. The maximum absolute atomic E-state index is 12.6. The van der Waals surface area contributed by atoms with Crippen molar-refractivity contribution in [3.05, 3.63) is 22.8 Å². The summed E-state index contributed by atoms with van der Waals surface area (Å²) in [6.45, 7) is 12.0. The lowest BCUT2D eigenvalue weighted by atomic mass is 10.0. The number of nitrogens with one attached hydrogen (secondary N) is 1. The fourth-order valence-electron chi connectivity index (χ4n) is 3.69. The van der Waals surface area contributed by atoms with E-state index in [0.29, 0.717) is 19.5 Å². The Balaban J connectivity index is 2.11. The molecule has 6 heteroatoms. The molecule has 1 aromatic heterocycles. The van der Waals surface area contributed by atoms with E-state index in [2.05, 4.69) is 29.1 Å². The number of carbonyl (C=O) groups is 2. The highest BCUT2D eigenvalue weighted by Crippen LogP contribution is 2.28. The Morgan fingerprint density at radius 3 is 2.31 bits per heavy atom. The summed E-state index contributed by atoms with van der Waals surface area (Å²) in [4.78, 5) is 35.8. The molecule has 1 fully saturated rings. The largest absolute Gasteiger partial charge is 0.356 e. The van der Waals surface area contributed by atoms with Crippen molar-refractivity contribution in [2.45, 2.75) is 66.2 Å². The van der Waals surface area contributed by atoms with Gasteiger partial charge in [0, 0.05) is 48.4 Å². The van der Waals surface area contributed by atoms with Crippen molar-refractivity contribution < 1.29 is 9.59 Å². The van der Waals surface area contributed by atoms with Crippen LogP contribution in [0.25, 0.3) is 0 Å². The highest BCUT2D eigenvalue weighted by Gasteiger charge is 2.32. The molecule has 144 valence electrons. The second-order valence-electron chi connectivity index (χ2n) is 7.14. The Morgan fingerprint density at radius 2 is 1.77 bits per heavy atom. The van der Waals surface area contributed by atoms with Crippen molar-refractivity contribution in [3.8, 4) is 0 Å². The fraction of sp³-hybridized carbons (Fsp3) is 0.700. The van der Waals surface area contributed by atoms with Gasteiger partial charge in [-0.2, -0.15) is 0 Å². The number of aromatic nitrogens is 2. The van der Waals surface area contributed by atoms with Gasteiger partial charge in [-0.05, 0) is 40.0 Å². The Bertz CT molecular complexity index is 632. The van der Waals surface area contributed by atoms with Gasteiger partial charge in [-0.1, -0.05) is 13.8 Å². The van der Waals surface area contributed by atoms with Crippen LogP contribution in [-0.2, 0) is 16.0 Å². The van der Waals surface area contributed by atoms with Gasteiger partial charge in [0.05, 0.1) is 6.42 Å². The predicted molar refractivity (Wildman–Crippen MR) is 102 cm³/mol. The number of likely N-dealkylation sites (tertiary alicyclic amines) is 1. The third-order valence-electron chi connectivity index (χ3n) is 5.35. The van der Waals surface area contributed by atoms with Crippen molar-refractivity contribution in [1.82, 2.24) is 20.2 Å². The zero-order valence-electron chi connectivity index (χ0n) is 16.8. The van der Waals surface area contributed by atoms with Gasteiger partial charge in [0.1, 0.15) is 5.82 Å². The van der Waals surface area contributed by atoms with Crippen LogP contribution in [0.4, 0.5) is 0 Å². The van der Waals surface area contributed by atoms with E-state index in [-0.39, 0.29) is 23.7 Å². The first kappa shape index (κ1) is 20.3. The Morgan fingerprint density at radius 1 is 1.15 bits per heavy atom. The first-order valence-electron chi connectivity index (χ1n) is 9.80. The van der Waals surface area contributed by atoms with Crippen LogP contribution in [-0.4, -0.2) is 46.3 Å². The number of hydrogen-bond donors (Lipinski definition) is 1. The predicted octanol–water partition coefficient (Wildman–Crippen LogP) is 2.52. The standard InChI is InChI=1S/C20H32N4O2/c1-6-15(7-2)20(26)24-10-9-16(12-24)19-22-13(4)17(14(5)23-19)11-18(25)21-8-3/h15-16H,6-12H2,1-5H3,(H,21,25)/t16-/m0/s1. The van der Waals surface area contributed by atoms with Gasteiger partial charge in [0.25, 0.3) is 0 Å². The van der Waals surface area contributed by atoms with Crippen LogP contribution >= 0.6 is 0 Å². The van der Waals surface area contributed by atoms with E-state index >= 15 is 0 Å². The molecule has 1 saturated heterocycles. The molecule has 26 heavy (non-hydrogen) atoms. The Labute approximate surface area is 156 Å². The average molecular weight is 361 g/mol. The van der Waals surface area contributed by atoms with E-state index in [1.54, 1.807) is 0 Å². The maximum Gasteiger partial charge on any atom is 0.225 e. The third-order valence-corrected chi connectivity index (χ3v) is 5.35. The minimum absolute atomic E-state index is 0.00198. The Kier molecular flexibility index (Phi) is 7.12. The van der Waals surface area contributed by atoms with Gasteiger partial charge < -0.3 is 10.2 Å². The molecule has 1 aromatic rings. The van der Waals surface area contributed by atoms with E-state index in [1.807, 2.05) is 25.7 Å². The molecule has 2 rings (SSSR count). The third kappa shape index (κ3) is 4.59. The van der Waals surface area contributed by atoms with Crippen LogP contribution in [0, 0.1) is 19.8 Å². The van der Waals surface area contributed by atoms with Crippen LogP contribution in [0.1, 0.15) is 68.7 Å². The SMILES string of the molecule is CCNC(=O)Cc1c(C)nc([C@H]2CCN(C(=O)C(CC)CC)C2)nc1C. The van der Waals surface area contributed by atoms with Gasteiger partial charge >= 0.3 is 0 Å². The summed E-state index contributed by atoms with van der Waals surface area (Å²) < 4.78 is 0. The molecule has 1 aliphatic rings. The summed E-state index contributed by atoms with van der Waals surface area (Å²) in [5.74, 6) is 1.37. The van der Waals surface area contributed by atoms with Gasteiger partial charge in [-0.25, -0.2) is 9.97 Å². The van der Waals surface area contributed by atoms with Gasteiger partial charge in [-0.3, -0.25) is 9.59 Å². The van der Waals surface area contributed by atoms with Gasteiger partial charge in [0.15, 0.2) is 0 Å². The van der Waals surface area contributed by atoms with Gasteiger partial charge in [0.2, 0.25) is 11.8 Å².